The third-order valence-corrected chi connectivity index (χ3v) is 6.16. The Balaban J connectivity index is 1.40. The standard InChI is InChI=1S/C18H31NO3/c1-7-18(14-21-12-15-2-3-15)13-19(8-4-17(18)22-9-1)16-5-10-20-11-6-16/h15-17H,1-14H2/t17-,18-/m1/s1. The van der Waals surface area contributed by atoms with Gasteiger partial charge in [0.2, 0.25) is 0 Å². The van der Waals surface area contributed by atoms with E-state index in [2.05, 4.69) is 4.90 Å². The summed E-state index contributed by atoms with van der Waals surface area (Å²) in [5.41, 5.74) is 0.254. The van der Waals surface area contributed by atoms with Crippen LogP contribution in [0, 0.1) is 11.3 Å². The van der Waals surface area contributed by atoms with Crippen molar-refractivity contribution in [2.24, 2.45) is 11.3 Å². The molecule has 0 aromatic carbocycles. The van der Waals surface area contributed by atoms with Gasteiger partial charge in [0.05, 0.1) is 12.7 Å². The van der Waals surface area contributed by atoms with Gasteiger partial charge in [0.1, 0.15) is 0 Å². The zero-order valence-corrected chi connectivity index (χ0v) is 13.8. The molecule has 4 fully saturated rings. The highest BCUT2D eigenvalue weighted by atomic mass is 16.5. The first-order chi connectivity index (χ1) is 10.9. The predicted octanol–water partition coefficient (Wildman–Crippen LogP) is 2.46. The van der Waals surface area contributed by atoms with Crippen molar-refractivity contribution < 1.29 is 14.2 Å². The number of piperidine rings is 1. The first-order valence-electron chi connectivity index (χ1n) is 9.37. The van der Waals surface area contributed by atoms with Crippen LogP contribution >= 0.6 is 0 Å². The lowest BCUT2D eigenvalue weighted by Gasteiger charge is -2.52. The first-order valence-corrected chi connectivity index (χ1v) is 9.37. The molecule has 3 aliphatic heterocycles. The van der Waals surface area contributed by atoms with E-state index in [1.54, 1.807) is 0 Å². The number of hydrogen-bond donors (Lipinski definition) is 0. The molecular weight excluding hydrogens is 278 g/mol. The molecule has 1 aliphatic carbocycles. The van der Waals surface area contributed by atoms with Crippen LogP contribution in [0.2, 0.25) is 0 Å². The number of fused-ring (bicyclic) bond motifs is 1. The van der Waals surface area contributed by atoms with Crippen molar-refractivity contribution in [3.63, 3.8) is 0 Å². The van der Waals surface area contributed by atoms with Gasteiger partial charge in [-0.15, -0.1) is 0 Å². The Bertz CT molecular complexity index is 367. The molecular formula is C18H31NO3. The van der Waals surface area contributed by atoms with Crippen molar-refractivity contribution in [3.05, 3.63) is 0 Å². The van der Waals surface area contributed by atoms with Crippen LogP contribution in [0.5, 0.6) is 0 Å². The minimum atomic E-state index is 0.254. The predicted molar refractivity (Wildman–Crippen MR) is 85.0 cm³/mol. The van der Waals surface area contributed by atoms with Crippen LogP contribution in [-0.4, -0.2) is 63.2 Å². The maximum absolute atomic E-state index is 6.16. The van der Waals surface area contributed by atoms with Gasteiger partial charge in [-0.2, -0.15) is 0 Å². The highest BCUT2D eigenvalue weighted by Gasteiger charge is 2.47. The first kappa shape index (κ1) is 15.4. The average Bonchev–Trinajstić information content (AvgIpc) is 3.39. The van der Waals surface area contributed by atoms with Crippen LogP contribution in [0.4, 0.5) is 0 Å². The zero-order valence-electron chi connectivity index (χ0n) is 13.8. The number of ether oxygens (including phenoxy) is 3. The summed E-state index contributed by atoms with van der Waals surface area (Å²) < 4.78 is 17.9. The van der Waals surface area contributed by atoms with Crippen LogP contribution in [0.25, 0.3) is 0 Å². The summed E-state index contributed by atoms with van der Waals surface area (Å²) >= 11 is 0. The molecule has 0 amide bonds. The van der Waals surface area contributed by atoms with Gasteiger partial charge >= 0.3 is 0 Å². The molecule has 3 heterocycles. The van der Waals surface area contributed by atoms with E-state index in [9.17, 15) is 0 Å². The zero-order chi connectivity index (χ0) is 14.8. The van der Waals surface area contributed by atoms with E-state index in [1.165, 1.54) is 58.0 Å². The average molecular weight is 309 g/mol. The minimum absolute atomic E-state index is 0.254. The Morgan fingerprint density at radius 3 is 2.73 bits per heavy atom. The van der Waals surface area contributed by atoms with Crippen molar-refractivity contribution in [2.75, 3.05) is 46.1 Å². The lowest BCUT2D eigenvalue weighted by molar-refractivity contribution is -0.161. The Hall–Kier alpha value is -0.160. The summed E-state index contributed by atoms with van der Waals surface area (Å²) in [5, 5.41) is 0. The second-order valence-corrected chi connectivity index (χ2v) is 7.89. The molecule has 0 spiro atoms. The van der Waals surface area contributed by atoms with E-state index >= 15 is 0 Å². The molecule has 0 N–H and O–H groups in total. The molecule has 4 aliphatic rings. The van der Waals surface area contributed by atoms with Crippen molar-refractivity contribution in [1.29, 1.82) is 0 Å². The topological polar surface area (TPSA) is 30.9 Å². The second kappa shape index (κ2) is 6.76. The van der Waals surface area contributed by atoms with Crippen LogP contribution in [0.15, 0.2) is 0 Å². The number of likely N-dealkylation sites (tertiary alicyclic amines) is 1. The van der Waals surface area contributed by atoms with Gasteiger partial charge in [-0.25, -0.2) is 0 Å². The Morgan fingerprint density at radius 1 is 1.05 bits per heavy atom. The summed E-state index contributed by atoms with van der Waals surface area (Å²) in [4.78, 5) is 2.73. The van der Waals surface area contributed by atoms with Crippen LogP contribution in [-0.2, 0) is 14.2 Å². The normalized spacial score (nSPS) is 37.9. The molecule has 0 aromatic rings. The van der Waals surface area contributed by atoms with Crippen molar-refractivity contribution >= 4 is 0 Å². The van der Waals surface area contributed by atoms with E-state index in [0.29, 0.717) is 6.10 Å². The van der Waals surface area contributed by atoms with E-state index in [-0.39, 0.29) is 5.41 Å². The summed E-state index contributed by atoms with van der Waals surface area (Å²) in [6.07, 6.45) is 9.24. The summed E-state index contributed by atoms with van der Waals surface area (Å²) in [5.74, 6) is 0.856. The van der Waals surface area contributed by atoms with Gasteiger partial charge in [0.15, 0.2) is 0 Å². The summed E-state index contributed by atoms with van der Waals surface area (Å²) in [7, 11) is 0. The van der Waals surface area contributed by atoms with Gasteiger partial charge < -0.3 is 14.2 Å². The monoisotopic (exact) mass is 309 g/mol. The molecule has 4 nitrogen and oxygen atoms in total. The molecule has 0 aromatic heterocycles. The van der Waals surface area contributed by atoms with Gasteiger partial charge in [-0.05, 0) is 50.9 Å². The van der Waals surface area contributed by atoms with Gasteiger partial charge in [0, 0.05) is 51.0 Å². The third-order valence-electron chi connectivity index (χ3n) is 6.16. The Labute approximate surface area is 134 Å². The lowest BCUT2D eigenvalue weighted by Crippen LogP contribution is -2.59. The van der Waals surface area contributed by atoms with Crippen LogP contribution in [0.1, 0.15) is 44.9 Å². The fraction of sp³-hybridized carbons (Fsp3) is 1.00. The SMILES string of the molecule is C1CO[C@@H]2CCN(C3CCOCC3)C[C@@]2(COCC2CC2)C1. The van der Waals surface area contributed by atoms with Gasteiger partial charge in [-0.3, -0.25) is 4.90 Å². The molecule has 126 valence electrons. The summed E-state index contributed by atoms with van der Waals surface area (Å²) in [6.45, 7) is 7.08. The minimum Gasteiger partial charge on any atom is -0.381 e. The second-order valence-electron chi connectivity index (χ2n) is 7.89. The van der Waals surface area contributed by atoms with Gasteiger partial charge in [-0.1, -0.05) is 0 Å². The maximum atomic E-state index is 6.16. The quantitative estimate of drug-likeness (QED) is 0.780. The molecule has 1 saturated carbocycles. The molecule has 22 heavy (non-hydrogen) atoms. The molecule has 0 bridgehead atoms. The fourth-order valence-electron chi connectivity index (χ4n) is 4.61. The molecule has 0 unspecified atom stereocenters. The maximum Gasteiger partial charge on any atom is 0.0677 e. The lowest BCUT2D eigenvalue weighted by atomic mass is 9.72. The number of hydrogen-bond acceptors (Lipinski definition) is 4. The molecule has 0 radical (unpaired) electrons. The molecule has 4 heteroatoms. The number of rotatable bonds is 5. The largest absolute Gasteiger partial charge is 0.381 e. The third kappa shape index (κ3) is 3.35. The van der Waals surface area contributed by atoms with E-state index in [1.807, 2.05) is 0 Å². The summed E-state index contributed by atoms with van der Waals surface area (Å²) in [6, 6.07) is 0.719. The highest BCUT2D eigenvalue weighted by molar-refractivity contribution is 4.98. The van der Waals surface area contributed by atoms with Crippen molar-refractivity contribution in [2.45, 2.75) is 57.1 Å². The van der Waals surface area contributed by atoms with Gasteiger partial charge in [0.25, 0.3) is 0 Å². The van der Waals surface area contributed by atoms with Crippen molar-refractivity contribution in [1.82, 2.24) is 4.90 Å². The highest BCUT2D eigenvalue weighted by Crippen LogP contribution is 2.42. The molecule has 4 rings (SSSR count). The molecule has 2 atom stereocenters. The fourth-order valence-corrected chi connectivity index (χ4v) is 4.61. The Morgan fingerprint density at radius 2 is 1.91 bits per heavy atom. The molecule has 3 saturated heterocycles. The van der Waals surface area contributed by atoms with E-state index in [4.69, 9.17) is 14.2 Å². The van der Waals surface area contributed by atoms with E-state index < -0.39 is 0 Å². The van der Waals surface area contributed by atoms with Crippen molar-refractivity contribution in [3.8, 4) is 0 Å². The van der Waals surface area contributed by atoms with Crippen LogP contribution in [0.3, 0.4) is 0 Å². The Kier molecular flexibility index (Phi) is 4.72. The van der Waals surface area contributed by atoms with Crippen LogP contribution < -0.4 is 0 Å². The van der Waals surface area contributed by atoms with E-state index in [0.717, 1.165) is 45.0 Å². The number of nitrogens with zero attached hydrogens (tertiary/aromatic N) is 1. The smallest absolute Gasteiger partial charge is 0.0677 e.